The van der Waals surface area contributed by atoms with Crippen molar-refractivity contribution in [1.82, 2.24) is 14.8 Å². The zero-order valence-electron chi connectivity index (χ0n) is 19.5. The maximum atomic E-state index is 13.2. The van der Waals surface area contributed by atoms with E-state index in [2.05, 4.69) is 27.5 Å². The van der Waals surface area contributed by atoms with Crippen LogP contribution in [0.5, 0.6) is 5.75 Å². The molecule has 2 heterocycles. The highest BCUT2D eigenvalue weighted by Crippen LogP contribution is 2.43. The third-order valence-corrected chi connectivity index (χ3v) is 7.82. The van der Waals surface area contributed by atoms with Gasteiger partial charge in [-0.3, -0.25) is 9.69 Å². The molecule has 1 saturated carbocycles. The van der Waals surface area contributed by atoms with Crippen LogP contribution in [0.1, 0.15) is 39.7 Å². The van der Waals surface area contributed by atoms with Crippen molar-refractivity contribution < 1.29 is 9.53 Å². The van der Waals surface area contributed by atoms with Crippen LogP contribution in [-0.4, -0.2) is 61.0 Å². The Labute approximate surface area is 209 Å². The topological polar surface area (TPSA) is 57.7 Å². The van der Waals surface area contributed by atoms with Crippen LogP contribution in [-0.2, 0) is 6.54 Å². The van der Waals surface area contributed by atoms with Crippen molar-refractivity contribution in [3.05, 3.63) is 62.9 Å². The third kappa shape index (κ3) is 5.28. The molecule has 0 bridgehead atoms. The van der Waals surface area contributed by atoms with E-state index in [-0.39, 0.29) is 5.91 Å². The lowest BCUT2D eigenvalue weighted by Gasteiger charge is -2.32. The first-order chi connectivity index (χ1) is 16.5. The number of anilines is 1. The lowest BCUT2D eigenvalue weighted by Crippen LogP contribution is -2.44. The van der Waals surface area contributed by atoms with Crippen molar-refractivity contribution >= 4 is 34.5 Å². The van der Waals surface area contributed by atoms with E-state index in [9.17, 15) is 4.79 Å². The first kappa shape index (κ1) is 23.3. The summed E-state index contributed by atoms with van der Waals surface area (Å²) in [6.07, 6.45) is 2.46. The van der Waals surface area contributed by atoms with Crippen molar-refractivity contribution in [2.45, 2.75) is 25.3 Å². The molecule has 6 nitrogen and oxygen atoms in total. The number of aromatic nitrogens is 1. The summed E-state index contributed by atoms with van der Waals surface area (Å²) in [5, 5.41) is 6.86. The minimum absolute atomic E-state index is 0.153. The highest BCUT2D eigenvalue weighted by Gasteiger charge is 2.27. The average molecular weight is 497 g/mol. The van der Waals surface area contributed by atoms with Gasteiger partial charge >= 0.3 is 0 Å². The van der Waals surface area contributed by atoms with Crippen LogP contribution in [0, 0.1) is 0 Å². The van der Waals surface area contributed by atoms with Crippen molar-refractivity contribution in [2.24, 2.45) is 0 Å². The van der Waals surface area contributed by atoms with Gasteiger partial charge in [0, 0.05) is 60.8 Å². The Balaban J connectivity index is 1.32. The summed E-state index contributed by atoms with van der Waals surface area (Å²) < 4.78 is 5.42. The second-order valence-electron chi connectivity index (χ2n) is 9.10. The van der Waals surface area contributed by atoms with Crippen LogP contribution < -0.4 is 10.1 Å². The van der Waals surface area contributed by atoms with Gasteiger partial charge in [0.2, 0.25) is 0 Å². The zero-order valence-corrected chi connectivity index (χ0v) is 21.1. The minimum Gasteiger partial charge on any atom is -0.497 e. The Morgan fingerprint density at radius 2 is 1.97 bits per heavy atom. The Bertz CT molecular complexity index is 1190. The number of hydrogen-bond donors (Lipinski definition) is 1. The molecule has 3 aromatic rings. The second kappa shape index (κ2) is 10.0. The Morgan fingerprint density at radius 1 is 1.18 bits per heavy atom. The van der Waals surface area contributed by atoms with Gasteiger partial charge in [0.05, 0.1) is 22.8 Å². The molecule has 1 aliphatic carbocycles. The number of carbonyl (C=O) groups excluding carboxylic acids is 1. The van der Waals surface area contributed by atoms with Gasteiger partial charge in [-0.1, -0.05) is 11.6 Å². The molecular weight excluding hydrogens is 468 g/mol. The number of ether oxygens (including phenoxy) is 1. The van der Waals surface area contributed by atoms with Gasteiger partial charge in [0.1, 0.15) is 5.75 Å². The number of likely N-dealkylation sites (N-methyl/N-ethyl adjacent to an activating group) is 1. The molecule has 1 N–H and O–H groups in total. The highest BCUT2D eigenvalue weighted by atomic mass is 35.5. The molecule has 0 radical (unpaired) electrons. The Hall–Kier alpha value is -2.45. The van der Waals surface area contributed by atoms with E-state index in [1.54, 1.807) is 24.5 Å². The Morgan fingerprint density at radius 3 is 2.68 bits per heavy atom. The first-order valence-corrected chi connectivity index (χ1v) is 12.9. The molecule has 2 aliphatic rings. The van der Waals surface area contributed by atoms with Gasteiger partial charge in [0.15, 0.2) is 0 Å². The van der Waals surface area contributed by atoms with E-state index in [1.165, 1.54) is 17.8 Å². The fourth-order valence-corrected chi connectivity index (χ4v) is 5.49. The van der Waals surface area contributed by atoms with E-state index in [0.29, 0.717) is 28.7 Å². The molecule has 8 heteroatoms. The predicted molar refractivity (Wildman–Crippen MR) is 138 cm³/mol. The molecule has 178 valence electrons. The summed E-state index contributed by atoms with van der Waals surface area (Å²) in [6.45, 7) is 4.71. The fraction of sp³-hybridized carbons (Fsp3) is 0.385. The number of nitrogens with one attached hydrogen (secondary N) is 1. The van der Waals surface area contributed by atoms with Crippen LogP contribution >= 0.6 is 22.9 Å². The summed E-state index contributed by atoms with van der Waals surface area (Å²) in [5.41, 5.74) is 4.06. The van der Waals surface area contributed by atoms with Crippen molar-refractivity contribution in [3.63, 3.8) is 0 Å². The first-order valence-electron chi connectivity index (χ1n) is 11.6. The fourth-order valence-electron chi connectivity index (χ4n) is 4.22. The van der Waals surface area contributed by atoms with Gasteiger partial charge in [-0.25, -0.2) is 4.98 Å². The van der Waals surface area contributed by atoms with Crippen LogP contribution in [0.25, 0.3) is 11.3 Å². The number of rotatable bonds is 7. The third-order valence-electron chi connectivity index (χ3n) is 6.50. The molecule has 2 fully saturated rings. The van der Waals surface area contributed by atoms with E-state index in [0.717, 1.165) is 48.7 Å². The van der Waals surface area contributed by atoms with Crippen LogP contribution in [0.15, 0.2) is 41.8 Å². The average Bonchev–Trinajstić information content (AvgIpc) is 3.57. The molecule has 1 amide bonds. The number of amides is 1. The van der Waals surface area contributed by atoms with E-state index in [1.807, 2.05) is 30.3 Å². The van der Waals surface area contributed by atoms with Gasteiger partial charge in [0.25, 0.3) is 5.91 Å². The number of thiazole rings is 1. The van der Waals surface area contributed by atoms with Crippen LogP contribution in [0.3, 0.4) is 0 Å². The lowest BCUT2D eigenvalue weighted by atomic mass is 10.0. The standard InChI is InChI=1S/C26H29ClN4O2S/c1-30-9-11-31(12-10-30)15-18-13-20(33-2)6-8-21(18)25(32)28-19-5-7-22(23(27)14-19)24-16-34-26(29-24)17-3-4-17/h5-8,13-14,16-17H,3-4,9-12,15H2,1-2H3,(H,28,32). The molecule has 5 rings (SSSR count). The molecule has 0 spiro atoms. The Kier molecular flexibility index (Phi) is 6.88. The SMILES string of the molecule is COc1ccc(C(=O)Nc2ccc(-c3csc(C4CC4)n3)c(Cl)c2)c(CN2CCN(C)CC2)c1. The molecule has 1 aromatic heterocycles. The number of piperazine rings is 1. The van der Waals surface area contributed by atoms with Gasteiger partial charge in [-0.2, -0.15) is 0 Å². The van der Waals surface area contributed by atoms with E-state index in [4.69, 9.17) is 21.3 Å². The van der Waals surface area contributed by atoms with Gasteiger partial charge in [-0.05, 0) is 61.9 Å². The van der Waals surface area contributed by atoms with Crippen LogP contribution in [0.2, 0.25) is 5.02 Å². The number of carbonyl (C=O) groups is 1. The largest absolute Gasteiger partial charge is 0.497 e. The van der Waals surface area contributed by atoms with E-state index >= 15 is 0 Å². The zero-order chi connectivity index (χ0) is 23.7. The van der Waals surface area contributed by atoms with Crippen molar-refractivity contribution in [3.8, 4) is 17.0 Å². The molecule has 1 saturated heterocycles. The summed E-state index contributed by atoms with van der Waals surface area (Å²) in [4.78, 5) is 22.7. The molecule has 1 aliphatic heterocycles. The summed E-state index contributed by atoms with van der Waals surface area (Å²) in [6, 6.07) is 11.3. The second-order valence-corrected chi connectivity index (χ2v) is 10.4. The smallest absolute Gasteiger partial charge is 0.255 e. The number of benzene rings is 2. The molecule has 2 aromatic carbocycles. The maximum absolute atomic E-state index is 13.2. The molecule has 0 unspecified atom stereocenters. The molecule has 0 atom stereocenters. The number of methoxy groups -OCH3 is 1. The van der Waals surface area contributed by atoms with E-state index < -0.39 is 0 Å². The number of hydrogen-bond acceptors (Lipinski definition) is 6. The van der Waals surface area contributed by atoms with Crippen molar-refractivity contribution in [2.75, 3.05) is 45.7 Å². The normalized spacial score (nSPS) is 17.0. The predicted octanol–water partition coefficient (Wildman–Crippen LogP) is 5.35. The van der Waals surface area contributed by atoms with Crippen LogP contribution in [0.4, 0.5) is 5.69 Å². The summed E-state index contributed by atoms with van der Waals surface area (Å²) in [5.74, 6) is 1.22. The lowest BCUT2D eigenvalue weighted by molar-refractivity contribution is 0.102. The number of halogens is 1. The highest BCUT2D eigenvalue weighted by molar-refractivity contribution is 7.10. The summed E-state index contributed by atoms with van der Waals surface area (Å²) >= 11 is 8.29. The molecular formula is C26H29ClN4O2S. The monoisotopic (exact) mass is 496 g/mol. The summed E-state index contributed by atoms with van der Waals surface area (Å²) in [7, 11) is 3.78. The molecule has 34 heavy (non-hydrogen) atoms. The maximum Gasteiger partial charge on any atom is 0.255 e. The van der Waals surface area contributed by atoms with Gasteiger partial charge in [-0.15, -0.1) is 11.3 Å². The van der Waals surface area contributed by atoms with Crippen molar-refractivity contribution in [1.29, 1.82) is 0 Å². The quantitative estimate of drug-likeness (QED) is 0.478. The number of nitrogens with zero attached hydrogens (tertiary/aromatic N) is 3. The minimum atomic E-state index is -0.153. The van der Waals surface area contributed by atoms with Gasteiger partial charge < -0.3 is 15.0 Å².